The predicted molar refractivity (Wildman–Crippen MR) is 93.7 cm³/mol. The van der Waals surface area contributed by atoms with Gasteiger partial charge < -0.3 is 9.15 Å². The van der Waals surface area contributed by atoms with Crippen molar-refractivity contribution in [2.24, 2.45) is 0 Å². The van der Waals surface area contributed by atoms with Crippen molar-refractivity contribution in [3.63, 3.8) is 0 Å². The number of esters is 1. The number of hydrogen-bond acceptors (Lipinski definition) is 5. The van der Waals surface area contributed by atoms with E-state index >= 15 is 0 Å². The van der Waals surface area contributed by atoms with Gasteiger partial charge in [0.15, 0.2) is 5.58 Å². The number of nitrogens with zero attached hydrogens (tertiary/aromatic N) is 2. The summed E-state index contributed by atoms with van der Waals surface area (Å²) in [6.07, 6.45) is 1.67. The molecule has 0 radical (unpaired) electrons. The SMILES string of the molecule is O=C(Oc1ccc2nc(-c3ccccn3)oc2c1)c1ccccc1Cl. The first-order valence-corrected chi connectivity index (χ1v) is 7.87. The molecule has 0 saturated carbocycles. The van der Waals surface area contributed by atoms with Gasteiger partial charge in [0, 0.05) is 12.3 Å². The molecule has 0 amide bonds. The van der Waals surface area contributed by atoms with Gasteiger partial charge in [-0.1, -0.05) is 29.8 Å². The van der Waals surface area contributed by atoms with Crippen LogP contribution in [0.3, 0.4) is 0 Å². The third kappa shape index (κ3) is 3.09. The molecule has 122 valence electrons. The number of hydrogen-bond donors (Lipinski definition) is 0. The lowest BCUT2D eigenvalue weighted by molar-refractivity contribution is 0.0735. The Hall–Kier alpha value is -3.18. The highest BCUT2D eigenvalue weighted by atomic mass is 35.5. The predicted octanol–water partition coefficient (Wildman–Crippen LogP) is 4.76. The second-order valence-corrected chi connectivity index (χ2v) is 5.64. The summed E-state index contributed by atoms with van der Waals surface area (Å²) in [5.74, 6) is 0.223. The Morgan fingerprint density at radius 3 is 2.68 bits per heavy atom. The molecule has 0 fully saturated rings. The first-order valence-electron chi connectivity index (χ1n) is 7.49. The highest BCUT2D eigenvalue weighted by Crippen LogP contribution is 2.27. The molecule has 2 aromatic heterocycles. The fourth-order valence-corrected chi connectivity index (χ4v) is 2.57. The van der Waals surface area contributed by atoms with E-state index in [1.807, 2.05) is 18.2 Å². The first-order chi connectivity index (χ1) is 12.2. The van der Waals surface area contributed by atoms with E-state index in [0.717, 1.165) is 0 Å². The number of halogens is 1. The molecule has 25 heavy (non-hydrogen) atoms. The van der Waals surface area contributed by atoms with Crippen molar-refractivity contribution < 1.29 is 13.9 Å². The molecule has 2 heterocycles. The third-order valence-electron chi connectivity index (χ3n) is 3.55. The van der Waals surface area contributed by atoms with Crippen LogP contribution in [0.2, 0.25) is 5.02 Å². The van der Waals surface area contributed by atoms with Gasteiger partial charge in [-0.3, -0.25) is 4.98 Å². The molecule has 4 aromatic rings. The smallest absolute Gasteiger partial charge is 0.345 e. The molecule has 0 aliphatic rings. The van der Waals surface area contributed by atoms with Crippen molar-refractivity contribution in [3.8, 4) is 17.3 Å². The summed E-state index contributed by atoms with van der Waals surface area (Å²) in [6, 6.07) is 17.2. The van der Waals surface area contributed by atoms with Crippen LogP contribution >= 0.6 is 11.6 Å². The van der Waals surface area contributed by atoms with Crippen LogP contribution in [0.1, 0.15) is 10.4 Å². The van der Waals surface area contributed by atoms with Crippen molar-refractivity contribution in [1.82, 2.24) is 9.97 Å². The number of aromatic nitrogens is 2. The molecule has 0 spiro atoms. The van der Waals surface area contributed by atoms with Crippen LogP contribution in [-0.4, -0.2) is 15.9 Å². The van der Waals surface area contributed by atoms with Crippen molar-refractivity contribution in [1.29, 1.82) is 0 Å². The molecule has 4 rings (SSSR count). The van der Waals surface area contributed by atoms with E-state index in [1.54, 1.807) is 48.7 Å². The van der Waals surface area contributed by atoms with Gasteiger partial charge in [0.05, 0.1) is 10.6 Å². The summed E-state index contributed by atoms with van der Waals surface area (Å²) in [6.45, 7) is 0. The molecule has 0 aliphatic heterocycles. The van der Waals surface area contributed by atoms with Gasteiger partial charge in [0.25, 0.3) is 0 Å². The van der Waals surface area contributed by atoms with Gasteiger partial charge in [-0.15, -0.1) is 0 Å². The lowest BCUT2D eigenvalue weighted by Gasteiger charge is -2.05. The number of rotatable bonds is 3. The minimum Gasteiger partial charge on any atom is -0.435 e. The number of fused-ring (bicyclic) bond motifs is 1. The summed E-state index contributed by atoms with van der Waals surface area (Å²) in [5, 5.41) is 0.339. The largest absolute Gasteiger partial charge is 0.435 e. The molecule has 0 bridgehead atoms. The normalized spacial score (nSPS) is 10.8. The molecule has 0 saturated heterocycles. The van der Waals surface area contributed by atoms with Gasteiger partial charge in [-0.2, -0.15) is 0 Å². The van der Waals surface area contributed by atoms with Crippen LogP contribution in [0, 0.1) is 0 Å². The highest BCUT2D eigenvalue weighted by molar-refractivity contribution is 6.33. The minimum absolute atomic E-state index is 0.302. The lowest BCUT2D eigenvalue weighted by atomic mass is 10.2. The Labute approximate surface area is 147 Å². The third-order valence-corrected chi connectivity index (χ3v) is 3.88. The average Bonchev–Trinajstić information content (AvgIpc) is 3.06. The number of carbonyl (C=O) groups excluding carboxylic acids is 1. The van der Waals surface area contributed by atoms with E-state index in [9.17, 15) is 4.79 Å². The van der Waals surface area contributed by atoms with Crippen molar-refractivity contribution in [2.75, 3.05) is 0 Å². The average molecular weight is 351 g/mol. The second-order valence-electron chi connectivity index (χ2n) is 5.23. The summed E-state index contributed by atoms with van der Waals surface area (Å²) in [7, 11) is 0. The number of carbonyl (C=O) groups is 1. The van der Waals surface area contributed by atoms with E-state index in [4.69, 9.17) is 20.8 Å². The van der Waals surface area contributed by atoms with Crippen LogP contribution in [0.25, 0.3) is 22.7 Å². The topological polar surface area (TPSA) is 65.2 Å². The van der Waals surface area contributed by atoms with Crippen LogP contribution in [-0.2, 0) is 0 Å². The lowest BCUT2D eigenvalue weighted by Crippen LogP contribution is -2.08. The maximum absolute atomic E-state index is 12.2. The Balaban J connectivity index is 1.63. The fourth-order valence-electron chi connectivity index (χ4n) is 2.36. The number of pyridine rings is 1. The molecule has 0 N–H and O–H groups in total. The molecular formula is C19H11ClN2O3. The number of ether oxygens (including phenoxy) is 1. The van der Waals surface area contributed by atoms with Gasteiger partial charge in [-0.05, 0) is 36.4 Å². The molecular weight excluding hydrogens is 340 g/mol. The van der Waals surface area contributed by atoms with Gasteiger partial charge in [0.1, 0.15) is 17.0 Å². The Bertz CT molecular complexity index is 1060. The quantitative estimate of drug-likeness (QED) is 0.393. The zero-order chi connectivity index (χ0) is 17.2. The fraction of sp³-hybridized carbons (Fsp3) is 0. The standard InChI is InChI=1S/C19H11ClN2O3/c20-14-6-2-1-5-13(14)19(23)24-12-8-9-15-17(11-12)25-18(22-15)16-7-3-4-10-21-16/h1-11H. The van der Waals surface area contributed by atoms with E-state index in [0.29, 0.717) is 39.0 Å². The Morgan fingerprint density at radius 2 is 1.88 bits per heavy atom. The van der Waals surface area contributed by atoms with Crippen LogP contribution in [0.15, 0.2) is 71.3 Å². The summed E-state index contributed by atoms with van der Waals surface area (Å²) < 4.78 is 11.1. The van der Waals surface area contributed by atoms with Crippen molar-refractivity contribution >= 4 is 28.7 Å². The summed E-state index contributed by atoms with van der Waals surface area (Å²) >= 11 is 6.02. The van der Waals surface area contributed by atoms with Crippen LogP contribution in [0.4, 0.5) is 0 Å². The monoisotopic (exact) mass is 350 g/mol. The van der Waals surface area contributed by atoms with E-state index in [-0.39, 0.29) is 0 Å². The highest BCUT2D eigenvalue weighted by Gasteiger charge is 2.14. The van der Waals surface area contributed by atoms with Gasteiger partial charge >= 0.3 is 5.97 Å². The maximum atomic E-state index is 12.2. The molecule has 0 atom stereocenters. The van der Waals surface area contributed by atoms with Crippen LogP contribution in [0.5, 0.6) is 5.75 Å². The van der Waals surface area contributed by atoms with Gasteiger partial charge in [-0.25, -0.2) is 9.78 Å². The van der Waals surface area contributed by atoms with Crippen molar-refractivity contribution in [2.45, 2.75) is 0 Å². The second kappa shape index (κ2) is 6.37. The zero-order valence-corrected chi connectivity index (χ0v) is 13.6. The Morgan fingerprint density at radius 1 is 1.04 bits per heavy atom. The van der Waals surface area contributed by atoms with E-state index in [2.05, 4.69) is 9.97 Å². The van der Waals surface area contributed by atoms with Crippen molar-refractivity contribution in [3.05, 3.63) is 77.4 Å². The zero-order valence-electron chi connectivity index (χ0n) is 12.8. The molecule has 5 nitrogen and oxygen atoms in total. The van der Waals surface area contributed by atoms with Crippen LogP contribution < -0.4 is 4.74 Å². The number of benzene rings is 2. The maximum Gasteiger partial charge on any atom is 0.345 e. The van der Waals surface area contributed by atoms with E-state index < -0.39 is 5.97 Å². The minimum atomic E-state index is -0.533. The number of oxazole rings is 1. The molecule has 0 unspecified atom stereocenters. The molecule has 6 heteroatoms. The summed E-state index contributed by atoms with van der Waals surface area (Å²) in [5.41, 5.74) is 2.09. The first kappa shape index (κ1) is 15.4. The Kier molecular flexibility index (Phi) is 3.91. The van der Waals surface area contributed by atoms with Gasteiger partial charge in [0.2, 0.25) is 5.89 Å². The summed E-state index contributed by atoms with van der Waals surface area (Å²) in [4.78, 5) is 20.8. The van der Waals surface area contributed by atoms with E-state index in [1.165, 1.54) is 0 Å². The molecule has 2 aromatic carbocycles. The molecule has 0 aliphatic carbocycles.